The molecule has 2 aliphatic heterocycles. The molecule has 0 spiro atoms. The molecule has 1 saturated heterocycles. The zero-order valence-corrected chi connectivity index (χ0v) is 9.66. The Hall–Kier alpha value is -1.55. The van der Waals surface area contributed by atoms with E-state index < -0.39 is 0 Å². The van der Waals surface area contributed by atoms with Crippen LogP contribution in [-0.2, 0) is 16.0 Å². The summed E-state index contributed by atoms with van der Waals surface area (Å²) in [6.07, 6.45) is 1.86. The van der Waals surface area contributed by atoms with Gasteiger partial charge in [0.15, 0.2) is 0 Å². The number of nitrogens with one attached hydrogen (secondary N) is 2. The number of ether oxygens (including phenoxy) is 1. The number of benzene rings is 1. The van der Waals surface area contributed by atoms with Gasteiger partial charge in [-0.1, -0.05) is 0 Å². The first-order valence-electron chi connectivity index (χ1n) is 6.08. The summed E-state index contributed by atoms with van der Waals surface area (Å²) in [5.74, 6) is 0.0924. The molecule has 4 heteroatoms. The predicted molar refractivity (Wildman–Crippen MR) is 66.2 cm³/mol. The quantitative estimate of drug-likeness (QED) is 0.814. The highest BCUT2D eigenvalue weighted by atomic mass is 16.5. The van der Waals surface area contributed by atoms with Gasteiger partial charge >= 0.3 is 0 Å². The van der Waals surface area contributed by atoms with Gasteiger partial charge in [-0.3, -0.25) is 4.79 Å². The number of fused-ring (bicyclic) bond motifs is 1. The minimum absolute atomic E-state index is 0.0152. The van der Waals surface area contributed by atoms with E-state index >= 15 is 0 Å². The van der Waals surface area contributed by atoms with Crippen LogP contribution in [-0.4, -0.2) is 25.7 Å². The van der Waals surface area contributed by atoms with Gasteiger partial charge in [-0.15, -0.1) is 0 Å². The Kier molecular flexibility index (Phi) is 2.73. The molecule has 1 atom stereocenters. The monoisotopic (exact) mass is 232 g/mol. The fraction of sp³-hybridized carbons (Fsp3) is 0.462. The van der Waals surface area contributed by atoms with Gasteiger partial charge in [0.1, 0.15) is 0 Å². The minimum Gasteiger partial charge on any atom is -0.384 e. The van der Waals surface area contributed by atoms with E-state index in [0.717, 1.165) is 25.1 Å². The third-order valence-electron chi connectivity index (χ3n) is 3.38. The van der Waals surface area contributed by atoms with Crippen molar-refractivity contribution in [2.24, 2.45) is 5.92 Å². The van der Waals surface area contributed by atoms with Crippen LogP contribution >= 0.6 is 0 Å². The van der Waals surface area contributed by atoms with Crippen molar-refractivity contribution in [1.82, 2.24) is 0 Å². The van der Waals surface area contributed by atoms with Gasteiger partial charge in [-0.05, 0) is 36.6 Å². The molecule has 0 radical (unpaired) electrons. The highest BCUT2D eigenvalue weighted by Crippen LogP contribution is 2.26. The predicted octanol–water partition coefficient (Wildman–Crippen LogP) is 1.63. The van der Waals surface area contributed by atoms with Crippen molar-refractivity contribution < 1.29 is 9.53 Å². The Balaban J connectivity index is 1.70. The molecule has 1 amide bonds. The fourth-order valence-corrected chi connectivity index (χ4v) is 2.37. The summed E-state index contributed by atoms with van der Waals surface area (Å²) in [6.45, 7) is 2.24. The highest BCUT2D eigenvalue weighted by molar-refractivity contribution is 5.93. The van der Waals surface area contributed by atoms with Gasteiger partial charge < -0.3 is 15.4 Å². The van der Waals surface area contributed by atoms with Crippen LogP contribution in [0.2, 0.25) is 0 Å². The first kappa shape index (κ1) is 10.6. The van der Waals surface area contributed by atoms with E-state index in [1.165, 1.54) is 11.3 Å². The average molecular weight is 232 g/mol. The second-order valence-electron chi connectivity index (χ2n) is 4.60. The molecule has 2 aliphatic rings. The first-order valence-corrected chi connectivity index (χ1v) is 6.08. The lowest BCUT2D eigenvalue weighted by Gasteiger charge is -2.10. The van der Waals surface area contributed by atoms with Crippen LogP contribution in [0, 0.1) is 5.92 Å². The van der Waals surface area contributed by atoms with Crippen molar-refractivity contribution in [1.29, 1.82) is 0 Å². The summed E-state index contributed by atoms with van der Waals surface area (Å²) in [5.41, 5.74) is 3.36. The molecule has 2 heterocycles. The second-order valence-corrected chi connectivity index (χ2v) is 4.60. The van der Waals surface area contributed by atoms with Crippen LogP contribution in [0.25, 0.3) is 0 Å². The van der Waals surface area contributed by atoms with Crippen LogP contribution in [0.15, 0.2) is 18.2 Å². The summed E-state index contributed by atoms with van der Waals surface area (Å²) >= 11 is 0. The molecule has 0 aliphatic carbocycles. The van der Waals surface area contributed by atoms with Crippen LogP contribution in [0.1, 0.15) is 12.0 Å². The second kappa shape index (κ2) is 4.37. The molecular formula is C13H16N2O2. The third kappa shape index (κ3) is 2.13. The zero-order chi connectivity index (χ0) is 11.7. The van der Waals surface area contributed by atoms with Crippen LogP contribution in [0.3, 0.4) is 0 Å². The molecule has 2 N–H and O–H groups in total. The maximum Gasteiger partial charge on any atom is 0.229 e. The Morgan fingerprint density at radius 1 is 1.47 bits per heavy atom. The Morgan fingerprint density at radius 3 is 3.24 bits per heavy atom. The maximum absolute atomic E-state index is 11.9. The van der Waals surface area contributed by atoms with Crippen LogP contribution in [0.4, 0.5) is 11.4 Å². The standard InChI is InChI=1S/C13H16N2O2/c16-13(10-4-6-17-8-10)15-11-1-2-12-9(7-11)3-5-14-12/h1-2,7,10,14H,3-6,8H2,(H,15,16). The number of carbonyl (C=O) groups excluding carboxylic acids is 1. The molecule has 90 valence electrons. The van der Waals surface area contributed by atoms with E-state index in [1.54, 1.807) is 0 Å². The lowest BCUT2D eigenvalue weighted by atomic mass is 10.1. The number of hydrogen-bond donors (Lipinski definition) is 2. The Morgan fingerprint density at radius 2 is 2.41 bits per heavy atom. The van der Waals surface area contributed by atoms with Gasteiger partial charge in [0.25, 0.3) is 0 Å². The molecule has 1 aromatic rings. The maximum atomic E-state index is 11.9. The van der Waals surface area contributed by atoms with Crippen molar-refractivity contribution in [3.8, 4) is 0 Å². The summed E-state index contributed by atoms with van der Waals surface area (Å²) < 4.78 is 5.22. The number of amides is 1. The number of rotatable bonds is 2. The van der Waals surface area contributed by atoms with Crippen molar-refractivity contribution in [2.75, 3.05) is 30.4 Å². The van der Waals surface area contributed by atoms with Crippen molar-refractivity contribution in [3.05, 3.63) is 23.8 Å². The van der Waals surface area contributed by atoms with E-state index in [2.05, 4.69) is 16.7 Å². The van der Waals surface area contributed by atoms with Gasteiger partial charge in [0.05, 0.1) is 12.5 Å². The van der Waals surface area contributed by atoms with E-state index in [9.17, 15) is 4.79 Å². The van der Waals surface area contributed by atoms with Gasteiger partial charge in [-0.25, -0.2) is 0 Å². The molecular weight excluding hydrogens is 216 g/mol. The summed E-state index contributed by atoms with van der Waals surface area (Å²) in [5, 5.41) is 6.27. The topological polar surface area (TPSA) is 50.4 Å². The smallest absolute Gasteiger partial charge is 0.229 e. The average Bonchev–Trinajstić information content (AvgIpc) is 2.99. The number of carbonyl (C=O) groups is 1. The van der Waals surface area contributed by atoms with E-state index in [0.29, 0.717) is 13.2 Å². The van der Waals surface area contributed by atoms with E-state index in [4.69, 9.17) is 4.74 Å². The van der Waals surface area contributed by atoms with Crippen molar-refractivity contribution >= 4 is 17.3 Å². The van der Waals surface area contributed by atoms with E-state index in [1.807, 2.05) is 12.1 Å². The molecule has 1 aromatic carbocycles. The molecule has 1 fully saturated rings. The summed E-state index contributed by atoms with van der Waals surface area (Å²) in [6, 6.07) is 6.04. The summed E-state index contributed by atoms with van der Waals surface area (Å²) in [4.78, 5) is 11.9. The SMILES string of the molecule is O=C(Nc1ccc2c(c1)CCN2)C1CCOC1. The highest BCUT2D eigenvalue weighted by Gasteiger charge is 2.23. The van der Waals surface area contributed by atoms with Gasteiger partial charge in [-0.2, -0.15) is 0 Å². The van der Waals surface area contributed by atoms with E-state index in [-0.39, 0.29) is 11.8 Å². The Labute approximate surface area is 100 Å². The molecule has 0 aromatic heterocycles. The number of hydrogen-bond acceptors (Lipinski definition) is 3. The molecule has 0 bridgehead atoms. The summed E-state index contributed by atoms with van der Waals surface area (Å²) in [7, 11) is 0. The van der Waals surface area contributed by atoms with Crippen LogP contribution < -0.4 is 10.6 Å². The fourth-order valence-electron chi connectivity index (χ4n) is 2.37. The van der Waals surface area contributed by atoms with Gasteiger partial charge in [0.2, 0.25) is 5.91 Å². The molecule has 4 nitrogen and oxygen atoms in total. The lowest BCUT2D eigenvalue weighted by molar-refractivity contribution is -0.119. The molecule has 0 saturated carbocycles. The van der Waals surface area contributed by atoms with Crippen LogP contribution in [0.5, 0.6) is 0 Å². The largest absolute Gasteiger partial charge is 0.384 e. The third-order valence-corrected chi connectivity index (χ3v) is 3.38. The zero-order valence-electron chi connectivity index (χ0n) is 9.66. The normalized spacial score (nSPS) is 22.0. The van der Waals surface area contributed by atoms with Crippen molar-refractivity contribution in [3.63, 3.8) is 0 Å². The minimum atomic E-state index is 0.0152. The van der Waals surface area contributed by atoms with Gasteiger partial charge in [0, 0.05) is 24.5 Å². The lowest BCUT2D eigenvalue weighted by Crippen LogP contribution is -2.22. The molecule has 17 heavy (non-hydrogen) atoms. The Bertz CT molecular complexity index is 439. The van der Waals surface area contributed by atoms with Crippen molar-refractivity contribution in [2.45, 2.75) is 12.8 Å². The molecule has 1 unspecified atom stereocenters. The number of anilines is 2. The molecule has 3 rings (SSSR count). The first-order chi connectivity index (χ1) is 8.33.